The Balaban J connectivity index is 1.84. The predicted octanol–water partition coefficient (Wildman–Crippen LogP) is 5.33. The summed E-state index contributed by atoms with van der Waals surface area (Å²) in [7, 11) is 0. The van der Waals surface area contributed by atoms with Crippen LogP contribution in [-0.2, 0) is 0 Å². The van der Waals surface area contributed by atoms with E-state index in [2.05, 4.69) is 9.97 Å². The third-order valence-electron chi connectivity index (χ3n) is 3.08. The van der Waals surface area contributed by atoms with Crippen LogP contribution in [0.3, 0.4) is 0 Å². The second kappa shape index (κ2) is 6.67. The minimum absolute atomic E-state index is 0.0674. The van der Waals surface area contributed by atoms with Crippen LogP contribution in [0.5, 0.6) is 23.3 Å². The fourth-order valence-electron chi connectivity index (χ4n) is 2.08. The van der Waals surface area contributed by atoms with E-state index in [4.69, 9.17) is 21.1 Å². The van der Waals surface area contributed by atoms with Crippen molar-refractivity contribution in [3.05, 3.63) is 71.0 Å². The van der Waals surface area contributed by atoms with Crippen molar-refractivity contribution in [1.29, 1.82) is 0 Å². The van der Waals surface area contributed by atoms with Crippen molar-refractivity contribution in [2.45, 2.75) is 13.8 Å². The topological polar surface area (TPSA) is 44.2 Å². The smallest absolute Gasteiger partial charge is 0.228 e. The molecule has 0 saturated heterocycles. The predicted molar refractivity (Wildman–Crippen MR) is 89.5 cm³/mol. The van der Waals surface area contributed by atoms with E-state index < -0.39 is 0 Å². The molecule has 0 aliphatic heterocycles. The Morgan fingerprint density at radius 2 is 1.22 bits per heavy atom. The van der Waals surface area contributed by atoms with Gasteiger partial charge in [0.15, 0.2) is 0 Å². The number of rotatable bonds is 4. The Morgan fingerprint density at radius 1 is 0.739 bits per heavy atom. The molecule has 23 heavy (non-hydrogen) atoms. The van der Waals surface area contributed by atoms with Crippen molar-refractivity contribution >= 4 is 11.6 Å². The molecule has 1 heterocycles. The number of hydrogen-bond donors (Lipinski definition) is 0. The van der Waals surface area contributed by atoms with Crippen LogP contribution in [0, 0.1) is 13.8 Å². The first-order valence-electron chi connectivity index (χ1n) is 7.12. The molecule has 0 unspecified atom stereocenters. The van der Waals surface area contributed by atoms with Gasteiger partial charge in [0.2, 0.25) is 17.0 Å². The summed E-state index contributed by atoms with van der Waals surface area (Å²) in [6, 6.07) is 17.0. The largest absolute Gasteiger partial charge is 0.439 e. The summed E-state index contributed by atoms with van der Waals surface area (Å²) in [6.45, 7) is 3.98. The molecule has 0 N–H and O–H groups in total. The third kappa shape index (κ3) is 4.20. The third-order valence-corrected chi connectivity index (χ3v) is 3.24. The van der Waals surface area contributed by atoms with E-state index >= 15 is 0 Å². The molecule has 3 aromatic rings. The zero-order valence-electron chi connectivity index (χ0n) is 12.8. The fraction of sp³-hybridized carbons (Fsp3) is 0.111. The summed E-state index contributed by atoms with van der Waals surface area (Å²) in [5, 5.41) is 0.0674. The molecule has 0 radical (unpaired) electrons. The molecule has 4 nitrogen and oxygen atoms in total. The quantitative estimate of drug-likeness (QED) is 0.608. The number of aromatic nitrogens is 2. The van der Waals surface area contributed by atoms with Gasteiger partial charge in [0.1, 0.15) is 11.5 Å². The van der Waals surface area contributed by atoms with Gasteiger partial charge in [0, 0.05) is 0 Å². The molecule has 116 valence electrons. The molecule has 0 spiro atoms. The van der Waals surface area contributed by atoms with Crippen LogP contribution in [0.15, 0.2) is 54.6 Å². The van der Waals surface area contributed by atoms with Crippen LogP contribution in [0.4, 0.5) is 0 Å². The van der Waals surface area contributed by atoms with Gasteiger partial charge in [0.05, 0.1) is 6.07 Å². The standard InChI is InChI=1S/C18H15ClN2O2/c1-12-5-3-7-14(9-12)22-16-11-17(21-18(19)20-16)23-15-8-4-6-13(2)10-15/h3-11H,1-2H3. The zero-order chi connectivity index (χ0) is 16.2. The molecular formula is C18H15ClN2O2. The second-order valence-corrected chi connectivity index (χ2v) is 5.49. The van der Waals surface area contributed by atoms with Gasteiger partial charge in [-0.05, 0) is 60.8 Å². The zero-order valence-corrected chi connectivity index (χ0v) is 13.5. The lowest BCUT2D eigenvalue weighted by Crippen LogP contribution is -1.94. The number of ether oxygens (including phenoxy) is 2. The van der Waals surface area contributed by atoms with E-state index in [0.29, 0.717) is 23.3 Å². The monoisotopic (exact) mass is 326 g/mol. The Hall–Kier alpha value is -2.59. The van der Waals surface area contributed by atoms with Crippen LogP contribution >= 0.6 is 11.6 Å². The van der Waals surface area contributed by atoms with E-state index in [-0.39, 0.29) is 5.28 Å². The van der Waals surface area contributed by atoms with Crippen molar-refractivity contribution in [3.8, 4) is 23.3 Å². The van der Waals surface area contributed by atoms with E-state index in [1.165, 1.54) is 0 Å². The second-order valence-electron chi connectivity index (χ2n) is 5.15. The Labute approximate surface area is 139 Å². The number of aryl methyl sites for hydroxylation is 2. The Bertz CT molecular complexity index is 771. The van der Waals surface area contributed by atoms with Crippen LogP contribution < -0.4 is 9.47 Å². The number of hydrogen-bond acceptors (Lipinski definition) is 4. The van der Waals surface area contributed by atoms with Crippen LogP contribution in [0.1, 0.15) is 11.1 Å². The Morgan fingerprint density at radius 3 is 1.65 bits per heavy atom. The lowest BCUT2D eigenvalue weighted by Gasteiger charge is -2.09. The van der Waals surface area contributed by atoms with Crippen molar-refractivity contribution in [2.75, 3.05) is 0 Å². The average molecular weight is 327 g/mol. The van der Waals surface area contributed by atoms with Gasteiger partial charge in [-0.15, -0.1) is 0 Å². The lowest BCUT2D eigenvalue weighted by atomic mass is 10.2. The molecule has 0 bridgehead atoms. The van der Waals surface area contributed by atoms with E-state index in [9.17, 15) is 0 Å². The van der Waals surface area contributed by atoms with Crippen molar-refractivity contribution in [3.63, 3.8) is 0 Å². The summed E-state index contributed by atoms with van der Waals surface area (Å²) in [4.78, 5) is 8.14. The number of benzene rings is 2. The molecule has 0 fully saturated rings. The maximum atomic E-state index is 5.96. The van der Waals surface area contributed by atoms with Crippen molar-refractivity contribution in [1.82, 2.24) is 9.97 Å². The summed E-state index contributed by atoms with van der Waals surface area (Å²) in [5.74, 6) is 2.03. The first kappa shape index (κ1) is 15.3. The van der Waals surface area contributed by atoms with Crippen LogP contribution in [0.2, 0.25) is 5.28 Å². The van der Waals surface area contributed by atoms with Crippen molar-refractivity contribution < 1.29 is 9.47 Å². The van der Waals surface area contributed by atoms with Gasteiger partial charge < -0.3 is 9.47 Å². The van der Waals surface area contributed by atoms with E-state index in [1.807, 2.05) is 62.4 Å². The van der Waals surface area contributed by atoms with E-state index in [0.717, 1.165) is 11.1 Å². The molecule has 0 amide bonds. The first-order chi connectivity index (χ1) is 11.1. The van der Waals surface area contributed by atoms with Gasteiger partial charge in [-0.25, -0.2) is 0 Å². The Kier molecular flexibility index (Phi) is 4.44. The van der Waals surface area contributed by atoms with Gasteiger partial charge >= 0.3 is 0 Å². The molecule has 0 aliphatic carbocycles. The maximum Gasteiger partial charge on any atom is 0.228 e. The average Bonchev–Trinajstić information content (AvgIpc) is 2.46. The molecule has 0 atom stereocenters. The molecule has 0 aliphatic rings. The van der Waals surface area contributed by atoms with E-state index in [1.54, 1.807) is 6.07 Å². The first-order valence-corrected chi connectivity index (χ1v) is 7.50. The summed E-state index contributed by atoms with van der Waals surface area (Å²) in [5.41, 5.74) is 2.19. The molecule has 2 aromatic carbocycles. The lowest BCUT2D eigenvalue weighted by molar-refractivity contribution is 0.433. The van der Waals surface area contributed by atoms with Crippen LogP contribution in [0.25, 0.3) is 0 Å². The highest BCUT2D eigenvalue weighted by Gasteiger charge is 2.08. The molecule has 0 saturated carbocycles. The highest BCUT2D eigenvalue weighted by atomic mass is 35.5. The highest BCUT2D eigenvalue weighted by molar-refractivity contribution is 6.28. The minimum atomic E-state index is 0.0674. The normalized spacial score (nSPS) is 10.4. The number of halogens is 1. The van der Waals surface area contributed by atoms with Crippen molar-refractivity contribution in [2.24, 2.45) is 0 Å². The molecule has 5 heteroatoms. The maximum absolute atomic E-state index is 5.96. The van der Waals surface area contributed by atoms with Gasteiger partial charge in [-0.3, -0.25) is 0 Å². The molecular weight excluding hydrogens is 312 g/mol. The fourth-order valence-corrected chi connectivity index (χ4v) is 2.25. The van der Waals surface area contributed by atoms with Crippen LogP contribution in [-0.4, -0.2) is 9.97 Å². The number of nitrogens with zero attached hydrogens (tertiary/aromatic N) is 2. The van der Waals surface area contributed by atoms with Gasteiger partial charge in [-0.2, -0.15) is 9.97 Å². The SMILES string of the molecule is Cc1cccc(Oc2cc(Oc3cccc(C)c3)nc(Cl)n2)c1. The summed E-state index contributed by atoms with van der Waals surface area (Å²) < 4.78 is 11.5. The highest BCUT2D eigenvalue weighted by Crippen LogP contribution is 2.27. The molecule has 1 aromatic heterocycles. The van der Waals surface area contributed by atoms with Gasteiger partial charge in [-0.1, -0.05) is 24.3 Å². The minimum Gasteiger partial charge on any atom is -0.439 e. The molecule has 3 rings (SSSR count). The van der Waals surface area contributed by atoms with Gasteiger partial charge in [0.25, 0.3) is 0 Å². The summed E-state index contributed by atoms with van der Waals surface area (Å²) in [6.07, 6.45) is 0. The summed E-state index contributed by atoms with van der Waals surface area (Å²) >= 11 is 5.96.